The molecule has 0 aromatic rings. The second kappa shape index (κ2) is 34.3. The van der Waals surface area contributed by atoms with Gasteiger partial charge in [-0.15, -0.1) is 13.2 Å². The predicted octanol–water partition coefficient (Wildman–Crippen LogP) is 8.05. The highest BCUT2D eigenvalue weighted by atomic mass is 15.4. The zero-order valence-electron chi connectivity index (χ0n) is 31.9. The van der Waals surface area contributed by atoms with E-state index in [1.54, 1.807) is 0 Å². The minimum Gasteiger partial charge on any atom is -0.330 e. The van der Waals surface area contributed by atoms with Gasteiger partial charge in [0, 0.05) is 0 Å². The summed E-state index contributed by atoms with van der Waals surface area (Å²) in [5, 5.41) is 0. The predicted molar refractivity (Wildman–Crippen MR) is 227 cm³/mol. The zero-order valence-corrected chi connectivity index (χ0v) is 31.9. The Balaban J connectivity index is -0.000000365. The summed E-state index contributed by atoms with van der Waals surface area (Å²) < 4.78 is 3.67. The van der Waals surface area contributed by atoms with Crippen LogP contribution >= 0.6 is 0 Å². The summed E-state index contributed by atoms with van der Waals surface area (Å²) in [4.78, 5) is 0. The van der Waals surface area contributed by atoms with Crippen LogP contribution in [-0.2, 0) is 0 Å². The second-order valence-corrected chi connectivity index (χ2v) is 12.2. The van der Waals surface area contributed by atoms with E-state index in [4.69, 9.17) is 5.73 Å². The van der Waals surface area contributed by atoms with E-state index in [-0.39, 0.29) is 0 Å². The summed E-state index contributed by atoms with van der Waals surface area (Å²) in [7, 11) is 0. The molecule has 5 nitrogen and oxygen atoms in total. The van der Waals surface area contributed by atoms with Crippen molar-refractivity contribution in [2.45, 2.75) is 0 Å². The van der Waals surface area contributed by atoms with Crippen LogP contribution in [0.5, 0.6) is 0 Å². The van der Waals surface area contributed by atoms with Crippen molar-refractivity contribution in [3.63, 3.8) is 0 Å². The molecular weight excluding hydrogens is 599 g/mol. The van der Waals surface area contributed by atoms with Crippen molar-refractivity contribution < 1.29 is 17.9 Å². The lowest BCUT2D eigenvalue weighted by molar-refractivity contribution is -0.966. The van der Waals surface area contributed by atoms with Crippen molar-refractivity contribution in [2.24, 2.45) is 5.73 Å². The van der Waals surface area contributed by atoms with Gasteiger partial charge in [-0.2, -0.15) is 0 Å². The van der Waals surface area contributed by atoms with Gasteiger partial charge in [0.25, 0.3) is 0 Å². The van der Waals surface area contributed by atoms with Crippen LogP contribution in [0.2, 0.25) is 0 Å². The van der Waals surface area contributed by atoms with Crippen LogP contribution in [0.25, 0.3) is 0 Å². The Morgan fingerprint density at radius 2 is 0.367 bits per heavy atom. The van der Waals surface area contributed by atoms with Gasteiger partial charge < -0.3 is 23.7 Å². The van der Waals surface area contributed by atoms with Crippen molar-refractivity contribution in [1.82, 2.24) is 0 Å². The topological polar surface area (TPSA) is 26.0 Å². The van der Waals surface area contributed by atoms with Crippen LogP contribution in [0, 0.1) is 6.92 Å². The number of hydrogen-bond acceptors (Lipinski definition) is 1. The molecule has 0 unspecified atom stereocenters. The summed E-state index contributed by atoms with van der Waals surface area (Å²) in [6.45, 7) is 72.1. The van der Waals surface area contributed by atoms with Crippen LogP contribution in [0.1, 0.15) is 0 Å². The zero-order chi connectivity index (χ0) is 38.5. The lowest BCUT2D eigenvalue weighted by atomic mass is 10.2. The average molecular weight is 677 g/mol. The molecule has 5 heteroatoms. The fraction of sp³-hybridized carbons (Fsp3) is 0.386. The van der Waals surface area contributed by atoms with Crippen molar-refractivity contribution in [1.29, 1.82) is 0 Å². The summed E-state index contributed by atoms with van der Waals surface area (Å²) in [6.07, 6.45) is 24.0. The average Bonchev–Trinajstić information content (AvgIpc) is 3.06. The molecule has 0 amide bonds. The number of rotatable bonds is 30. The van der Waals surface area contributed by atoms with Crippen molar-refractivity contribution in [2.75, 3.05) is 111 Å². The van der Waals surface area contributed by atoms with Gasteiger partial charge in [-0.25, -0.2) is 0 Å². The molecule has 0 heterocycles. The van der Waals surface area contributed by atoms with Crippen molar-refractivity contribution >= 4 is 0 Å². The van der Waals surface area contributed by atoms with E-state index >= 15 is 0 Å². The van der Waals surface area contributed by atoms with E-state index in [1.165, 1.54) is 0 Å². The Hall–Kier alpha value is -3.58. The van der Waals surface area contributed by atoms with E-state index in [1.807, 2.05) is 72.9 Å². The molecule has 0 atom stereocenters. The van der Waals surface area contributed by atoms with Gasteiger partial charge >= 0.3 is 0 Å². The molecule has 2 N–H and O–H groups in total. The van der Waals surface area contributed by atoms with Crippen LogP contribution in [0.15, 0.2) is 165 Å². The van der Waals surface area contributed by atoms with Crippen LogP contribution in [0.3, 0.4) is 0 Å². The Bertz CT molecular complexity index is 714. The van der Waals surface area contributed by atoms with Crippen LogP contribution < -0.4 is 5.73 Å². The lowest BCUT2D eigenvalue weighted by Crippen LogP contribution is -2.58. The Kier molecular flexibility index (Phi) is 36.6. The normalized spacial score (nSPS) is 10.7. The summed E-state index contributed by atoms with van der Waals surface area (Å²) >= 11 is 0. The first-order chi connectivity index (χ1) is 23.6. The summed E-state index contributed by atoms with van der Waals surface area (Å²) in [5.41, 5.74) is 4.74. The fourth-order valence-corrected chi connectivity index (χ4v) is 6.12. The monoisotopic (exact) mass is 677 g/mol. The maximum Gasteiger partial charge on any atom is 0.129 e. The SMILES string of the molecule is C=C.C=CC[N+](CC=C)(CC=C)CC[N+](CC=C)(CC=C)CC=C.C=CC[N+](CC=C)(CC=C)CC[N+](CC=C)(CC=C)CC=C.[CH2]CN. The summed E-state index contributed by atoms with van der Waals surface area (Å²) in [5.74, 6) is 0. The number of hydrogen-bond donors (Lipinski definition) is 1. The molecular formula is C44H78N5+4. The van der Waals surface area contributed by atoms with E-state index in [0.29, 0.717) is 6.54 Å². The molecule has 1 radical (unpaired) electrons. The van der Waals surface area contributed by atoms with E-state index in [9.17, 15) is 0 Å². The first kappa shape index (κ1) is 52.2. The molecule has 0 aromatic heterocycles. The molecule has 275 valence electrons. The van der Waals surface area contributed by atoms with Gasteiger partial charge in [0.1, 0.15) is 26.2 Å². The van der Waals surface area contributed by atoms with Gasteiger partial charge in [-0.05, 0) is 86.4 Å². The molecule has 49 heavy (non-hydrogen) atoms. The maximum atomic E-state index is 4.74. The molecule has 0 saturated carbocycles. The van der Waals surface area contributed by atoms with Gasteiger partial charge in [-0.1, -0.05) is 78.9 Å². The molecule has 0 aromatic carbocycles. The minimum atomic E-state index is 0.500. The van der Waals surface area contributed by atoms with E-state index < -0.39 is 0 Å². The standard InChI is InChI=1S/2C20H34N2.C2H6N.C2H4/c2*1-7-13-21(14-8-2,15-9-3)19-20-22(16-10-4,17-11-5)18-12-6;1-2-3;1-2/h2*7-12H,1-6,13-20H2;1-3H2;1-2H2/q2*+2;;. The van der Waals surface area contributed by atoms with Gasteiger partial charge in [0.05, 0.1) is 78.5 Å². The third-order valence-electron chi connectivity index (χ3n) is 8.29. The first-order valence-corrected chi connectivity index (χ1v) is 17.3. The maximum absolute atomic E-state index is 4.74. The third kappa shape index (κ3) is 23.4. The molecule has 0 rings (SSSR count). The van der Waals surface area contributed by atoms with E-state index in [2.05, 4.69) is 99.0 Å². The largest absolute Gasteiger partial charge is 0.330 e. The quantitative estimate of drug-likeness (QED) is 0.0605. The summed E-state index contributed by atoms with van der Waals surface area (Å²) in [6, 6.07) is 0. The van der Waals surface area contributed by atoms with E-state index in [0.717, 1.165) is 123 Å². The van der Waals surface area contributed by atoms with Crippen LogP contribution in [0.4, 0.5) is 0 Å². The Labute approximate surface area is 306 Å². The molecule has 0 spiro atoms. The van der Waals surface area contributed by atoms with Gasteiger partial charge in [0.2, 0.25) is 0 Å². The van der Waals surface area contributed by atoms with Crippen molar-refractivity contribution in [3.05, 3.63) is 172 Å². The number of nitrogens with zero attached hydrogens (tertiary/aromatic N) is 4. The highest BCUT2D eigenvalue weighted by molar-refractivity contribution is 4.81. The lowest BCUT2D eigenvalue weighted by Gasteiger charge is -2.42. The first-order valence-electron chi connectivity index (χ1n) is 17.3. The molecule has 0 aliphatic rings. The smallest absolute Gasteiger partial charge is 0.129 e. The molecule has 0 aliphatic heterocycles. The highest BCUT2D eigenvalue weighted by Gasteiger charge is 2.32. The highest BCUT2D eigenvalue weighted by Crippen LogP contribution is 2.16. The number of nitrogens with two attached hydrogens (primary N) is 1. The molecule has 0 saturated heterocycles. The number of quaternary nitrogens is 4. The fourth-order valence-electron chi connectivity index (χ4n) is 6.12. The Morgan fingerprint density at radius 1 is 0.286 bits per heavy atom. The second-order valence-electron chi connectivity index (χ2n) is 12.2. The molecule has 0 aliphatic carbocycles. The third-order valence-corrected chi connectivity index (χ3v) is 8.29. The van der Waals surface area contributed by atoms with Gasteiger partial charge in [-0.3, -0.25) is 0 Å². The minimum absolute atomic E-state index is 0.500. The Morgan fingerprint density at radius 3 is 0.429 bits per heavy atom. The molecule has 0 fully saturated rings. The molecule has 0 bridgehead atoms. The van der Waals surface area contributed by atoms with Crippen LogP contribution in [-0.4, -0.2) is 129 Å². The van der Waals surface area contributed by atoms with Gasteiger partial charge in [0.15, 0.2) is 0 Å². The van der Waals surface area contributed by atoms with Crippen molar-refractivity contribution in [3.8, 4) is 0 Å².